The van der Waals surface area contributed by atoms with Crippen molar-refractivity contribution in [2.75, 3.05) is 26.8 Å². The van der Waals surface area contributed by atoms with Crippen LogP contribution in [-0.4, -0.2) is 38.6 Å². The number of likely N-dealkylation sites (N-methyl/N-ethyl adjacent to an activating group) is 1. The highest BCUT2D eigenvalue weighted by molar-refractivity contribution is 6.34. The van der Waals surface area contributed by atoms with Gasteiger partial charge in [-0.2, -0.15) is 0 Å². The summed E-state index contributed by atoms with van der Waals surface area (Å²) >= 11 is 0. The van der Waals surface area contributed by atoms with Crippen LogP contribution in [0.3, 0.4) is 0 Å². The van der Waals surface area contributed by atoms with Crippen molar-refractivity contribution in [3.63, 3.8) is 0 Å². The van der Waals surface area contributed by atoms with Gasteiger partial charge in [0.25, 0.3) is 0 Å². The quantitative estimate of drug-likeness (QED) is 0.732. The van der Waals surface area contributed by atoms with Gasteiger partial charge in [-0.05, 0) is 38.0 Å². The monoisotopic (exact) mass is 294 g/mol. The summed E-state index contributed by atoms with van der Waals surface area (Å²) in [5.74, 6) is 0.122. The molecule has 2 N–H and O–H groups in total. The lowest BCUT2D eigenvalue weighted by molar-refractivity contribution is -0.138. The molecule has 0 heterocycles. The van der Waals surface area contributed by atoms with Crippen molar-refractivity contribution in [2.24, 2.45) is 0 Å². The highest BCUT2D eigenvalue weighted by Gasteiger charge is 2.10. The number of nitrogens with one attached hydrogen (secondary N) is 2. The summed E-state index contributed by atoms with van der Waals surface area (Å²) < 4.78 is 11.0. The van der Waals surface area contributed by atoms with E-state index in [4.69, 9.17) is 9.47 Å². The van der Waals surface area contributed by atoms with E-state index in [-0.39, 0.29) is 0 Å². The molecule has 1 rings (SSSR count). The van der Waals surface area contributed by atoms with E-state index >= 15 is 0 Å². The van der Waals surface area contributed by atoms with Crippen molar-refractivity contribution >= 4 is 11.8 Å². The van der Waals surface area contributed by atoms with E-state index in [2.05, 4.69) is 10.6 Å². The van der Waals surface area contributed by atoms with E-state index in [0.717, 1.165) is 5.56 Å². The van der Waals surface area contributed by atoms with Crippen LogP contribution in [0.2, 0.25) is 0 Å². The van der Waals surface area contributed by atoms with Crippen molar-refractivity contribution < 1.29 is 19.1 Å². The Morgan fingerprint density at radius 3 is 2.33 bits per heavy atom. The summed E-state index contributed by atoms with van der Waals surface area (Å²) in [6, 6.07) is 5.66. The molecule has 0 bridgehead atoms. The molecular formula is C15H22N2O4. The minimum absolute atomic E-state index is 0.381. The second kappa shape index (κ2) is 8.84. The van der Waals surface area contributed by atoms with Crippen molar-refractivity contribution in [1.82, 2.24) is 10.6 Å². The van der Waals surface area contributed by atoms with Crippen LogP contribution >= 0.6 is 0 Å². The summed E-state index contributed by atoms with van der Waals surface area (Å²) in [6.45, 7) is 5.33. The maximum atomic E-state index is 11.3. The first-order chi connectivity index (χ1) is 10.1. The number of carbonyl (C=O) groups excluding carboxylic acids is 2. The molecule has 21 heavy (non-hydrogen) atoms. The zero-order chi connectivity index (χ0) is 15.7. The molecule has 0 aliphatic carbocycles. The van der Waals surface area contributed by atoms with Gasteiger partial charge in [0.05, 0.1) is 13.2 Å². The number of carbonyl (C=O) groups is 2. The van der Waals surface area contributed by atoms with Gasteiger partial charge in [0.1, 0.15) is 0 Å². The summed E-state index contributed by atoms with van der Waals surface area (Å²) in [6.07, 6.45) is 0.606. The Balaban J connectivity index is 2.61. The van der Waals surface area contributed by atoms with Gasteiger partial charge in [0.15, 0.2) is 11.5 Å². The Kier molecular flexibility index (Phi) is 7.08. The first-order valence-electron chi connectivity index (χ1n) is 7.00. The molecule has 1 aromatic rings. The van der Waals surface area contributed by atoms with Crippen LogP contribution in [0.25, 0.3) is 0 Å². The fourth-order valence-corrected chi connectivity index (χ4v) is 1.77. The number of rotatable bonds is 7. The van der Waals surface area contributed by atoms with E-state index in [0.29, 0.717) is 37.7 Å². The molecule has 0 aliphatic rings. The van der Waals surface area contributed by atoms with Crippen molar-refractivity contribution in [1.29, 1.82) is 0 Å². The average Bonchev–Trinajstić information content (AvgIpc) is 2.49. The molecule has 0 aromatic heterocycles. The first-order valence-corrected chi connectivity index (χ1v) is 7.00. The predicted molar refractivity (Wildman–Crippen MR) is 79.6 cm³/mol. The highest BCUT2D eigenvalue weighted by atomic mass is 16.5. The van der Waals surface area contributed by atoms with Crippen molar-refractivity contribution in [3.05, 3.63) is 23.8 Å². The predicted octanol–water partition coefficient (Wildman–Crippen LogP) is 0.889. The Labute approximate surface area is 124 Å². The van der Waals surface area contributed by atoms with Gasteiger partial charge < -0.3 is 20.1 Å². The number of ether oxygens (including phenoxy) is 2. The van der Waals surface area contributed by atoms with Gasteiger partial charge in [-0.25, -0.2) is 0 Å². The van der Waals surface area contributed by atoms with Crippen LogP contribution in [0.15, 0.2) is 18.2 Å². The lowest BCUT2D eigenvalue weighted by atomic mass is 10.1. The van der Waals surface area contributed by atoms with Crippen LogP contribution in [0.1, 0.15) is 19.4 Å². The molecule has 0 atom stereocenters. The topological polar surface area (TPSA) is 76.7 Å². The fraction of sp³-hybridized carbons (Fsp3) is 0.467. The second-order valence-electron chi connectivity index (χ2n) is 4.23. The number of amides is 2. The minimum atomic E-state index is -0.642. The zero-order valence-corrected chi connectivity index (χ0v) is 12.7. The third-order valence-corrected chi connectivity index (χ3v) is 2.74. The molecule has 6 nitrogen and oxygen atoms in total. The lowest BCUT2D eigenvalue weighted by Crippen LogP contribution is -2.38. The summed E-state index contributed by atoms with van der Waals surface area (Å²) in [5.41, 5.74) is 0.999. The molecule has 0 fully saturated rings. The number of hydrogen-bond acceptors (Lipinski definition) is 4. The van der Waals surface area contributed by atoms with Crippen molar-refractivity contribution in [3.8, 4) is 11.5 Å². The summed E-state index contributed by atoms with van der Waals surface area (Å²) in [5, 5.41) is 4.82. The number of hydrogen-bond donors (Lipinski definition) is 2. The van der Waals surface area contributed by atoms with Crippen LogP contribution in [0.4, 0.5) is 0 Å². The van der Waals surface area contributed by atoms with Gasteiger partial charge in [-0.15, -0.1) is 0 Å². The van der Waals surface area contributed by atoms with Crippen LogP contribution in [0.5, 0.6) is 11.5 Å². The van der Waals surface area contributed by atoms with Crippen LogP contribution in [0, 0.1) is 0 Å². The molecule has 6 heteroatoms. The lowest BCUT2D eigenvalue weighted by Gasteiger charge is -2.12. The molecule has 0 unspecified atom stereocenters. The Bertz CT molecular complexity index is 489. The highest BCUT2D eigenvalue weighted by Crippen LogP contribution is 2.28. The third kappa shape index (κ3) is 5.33. The maximum absolute atomic E-state index is 11.3. The number of benzene rings is 1. The van der Waals surface area contributed by atoms with Crippen molar-refractivity contribution in [2.45, 2.75) is 20.3 Å². The normalized spacial score (nSPS) is 9.86. The molecule has 0 saturated heterocycles. The van der Waals surface area contributed by atoms with Gasteiger partial charge in [0, 0.05) is 13.6 Å². The zero-order valence-electron chi connectivity index (χ0n) is 12.7. The molecule has 0 saturated carbocycles. The molecule has 0 aliphatic heterocycles. The van der Waals surface area contributed by atoms with E-state index < -0.39 is 11.8 Å². The molecule has 2 amide bonds. The maximum Gasteiger partial charge on any atom is 0.309 e. The van der Waals surface area contributed by atoms with Crippen LogP contribution < -0.4 is 20.1 Å². The Morgan fingerprint density at radius 1 is 1.05 bits per heavy atom. The second-order valence-corrected chi connectivity index (χ2v) is 4.23. The molecule has 0 spiro atoms. The first kappa shape index (κ1) is 16.8. The largest absolute Gasteiger partial charge is 0.490 e. The SMILES string of the molecule is CCOc1ccc(CCNC(=O)C(=O)NC)cc1OCC. The average molecular weight is 294 g/mol. The molecule has 0 radical (unpaired) electrons. The van der Waals surface area contributed by atoms with Crippen LogP contribution in [-0.2, 0) is 16.0 Å². The third-order valence-electron chi connectivity index (χ3n) is 2.74. The summed E-state index contributed by atoms with van der Waals surface area (Å²) in [4.78, 5) is 22.4. The summed E-state index contributed by atoms with van der Waals surface area (Å²) in [7, 11) is 1.42. The minimum Gasteiger partial charge on any atom is -0.490 e. The Morgan fingerprint density at radius 2 is 1.71 bits per heavy atom. The fourth-order valence-electron chi connectivity index (χ4n) is 1.77. The van der Waals surface area contributed by atoms with Gasteiger partial charge in [0.2, 0.25) is 0 Å². The molecular weight excluding hydrogens is 272 g/mol. The van der Waals surface area contributed by atoms with Gasteiger partial charge in [-0.3, -0.25) is 9.59 Å². The standard InChI is InChI=1S/C15H22N2O4/c1-4-20-12-7-6-11(10-13(12)21-5-2)8-9-17-15(19)14(18)16-3/h6-7,10H,4-5,8-9H2,1-3H3,(H,16,18)(H,17,19). The molecule has 116 valence electrons. The smallest absolute Gasteiger partial charge is 0.309 e. The van der Waals surface area contributed by atoms with Gasteiger partial charge in [-0.1, -0.05) is 6.07 Å². The van der Waals surface area contributed by atoms with E-state index in [9.17, 15) is 9.59 Å². The Hall–Kier alpha value is -2.24. The van der Waals surface area contributed by atoms with E-state index in [1.54, 1.807) is 0 Å². The van der Waals surface area contributed by atoms with Gasteiger partial charge >= 0.3 is 11.8 Å². The van der Waals surface area contributed by atoms with E-state index in [1.165, 1.54) is 7.05 Å². The molecule has 1 aromatic carbocycles. The van der Waals surface area contributed by atoms with E-state index in [1.807, 2.05) is 32.0 Å².